The first-order chi connectivity index (χ1) is 5.33. The van der Waals surface area contributed by atoms with Crippen LogP contribution in [0.5, 0.6) is 0 Å². The van der Waals surface area contributed by atoms with Gasteiger partial charge in [0.05, 0.1) is 0 Å². The Morgan fingerprint density at radius 3 is 2.64 bits per heavy atom. The Hall–Kier alpha value is 0.350. The van der Waals surface area contributed by atoms with Gasteiger partial charge >= 0.3 is 0 Å². The Balaban J connectivity index is 2.07. The Morgan fingerprint density at radius 1 is 1.45 bits per heavy atom. The average molecular weight is 175 g/mol. The standard InChI is InChI=1S/C8H18NOP/c1-10-7-4-8-2-5-9(11)6-3-8/h8H,2-7,11H2,1H3. The highest BCUT2D eigenvalue weighted by molar-refractivity contribution is 7.13. The van der Waals surface area contributed by atoms with Crippen LogP contribution in [0.1, 0.15) is 19.3 Å². The second-order valence-corrected chi connectivity index (χ2v) is 3.99. The van der Waals surface area contributed by atoms with E-state index < -0.39 is 0 Å². The third-order valence-corrected chi connectivity index (χ3v) is 2.90. The molecule has 1 aliphatic rings. The number of hydrogen-bond acceptors (Lipinski definition) is 2. The lowest BCUT2D eigenvalue weighted by Gasteiger charge is -2.28. The maximum atomic E-state index is 5.05. The van der Waals surface area contributed by atoms with Gasteiger partial charge in [0.15, 0.2) is 0 Å². The fourth-order valence-corrected chi connectivity index (χ4v) is 1.82. The molecule has 0 aliphatic carbocycles. The largest absolute Gasteiger partial charge is 0.385 e. The van der Waals surface area contributed by atoms with Crippen molar-refractivity contribution in [2.24, 2.45) is 5.92 Å². The third kappa shape index (κ3) is 3.50. The van der Waals surface area contributed by atoms with Gasteiger partial charge in [-0.05, 0) is 25.2 Å². The normalized spacial score (nSPS) is 22.4. The van der Waals surface area contributed by atoms with Crippen LogP contribution in [0.25, 0.3) is 0 Å². The lowest BCUT2D eigenvalue weighted by atomic mass is 9.95. The molecule has 1 rings (SSSR count). The molecule has 0 saturated carbocycles. The molecule has 1 atom stereocenters. The molecule has 2 nitrogen and oxygen atoms in total. The zero-order valence-electron chi connectivity index (χ0n) is 7.25. The molecule has 0 bridgehead atoms. The van der Waals surface area contributed by atoms with E-state index in [9.17, 15) is 0 Å². The van der Waals surface area contributed by atoms with Crippen LogP contribution >= 0.6 is 9.39 Å². The van der Waals surface area contributed by atoms with Crippen LogP contribution in [0.15, 0.2) is 0 Å². The third-order valence-electron chi connectivity index (χ3n) is 2.38. The van der Waals surface area contributed by atoms with Gasteiger partial charge < -0.3 is 4.74 Å². The van der Waals surface area contributed by atoms with Crippen LogP contribution in [-0.2, 0) is 4.74 Å². The van der Waals surface area contributed by atoms with E-state index in [0.717, 1.165) is 12.5 Å². The molecular weight excluding hydrogens is 157 g/mol. The fourth-order valence-electron chi connectivity index (χ4n) is 1.53. The molecule has 0 spiro atoms. The first-order valence-corrected chi connectivity index (χ1v) is 4.83. The second-order valence-electron chi connectivity index (χ2n) is 3.26. The molecule has 0 aromatic rings. The molecule has 3 heteroatoms. The van der Waals surface area contributed by atoms with Crippen molar-refractivity contribution >= 4 is 9.39 Å². The molecule has 0 N–H and O–H groups in total. The number of hydrogen-bond donors (Lipinski definition) is 0. The predicted molar refractivity (Wildman–Crippen MR) is 50.5 cm³/mol. The molecule has 1 saturated heterocycles. The highest BCUT2D eigenvalue weighted by Crippen LogP contribution is 2.21. The molecule has 1 aliphatic heterocycles. The molecule has 0 radical (unpaired) electrons. The van der Waals surface area contributed by atoms with Crippen molar-refractivity contribution in [3.63, 3.8) is 0 Å². The van der Waals surface area contributed by atoms with Gasteiger partial charge in [0.25, 0.3) is 0 Å². The Labute approximate surface area is 71.5 Å². The summed E-state index contributed by atoms with van der Waals surface area (Å²) >= 11 is 0. The van der Waals surface area contributed by atoms with E-state index in [2.05, 4.69) is 14.1 Å². The van der Waals surface area contributed by atoms with Crippen LogP contribution in [0.4, 0.5) is 0 Å². The Bertz CT molecular complexity index is 99.5. The Morgan fingerprint density at radius 2 is 2.09 bits per heavy atom. The topological polar surface area (TPSA) is 12.5 Å². The summed E-state index contributed by atoms with van der Waals surface area (Å²) in [6, 6.07) is 0. The van der Waals surface area contributed by atoms with Gasteiger partial charge in [-0.25, -0.2) is 0 Å². The van der Waals surface area contributed by atoms with Crippen LogP contribution in [0.2, 0.25) is 0 Å². The summed E-state index contributed by atoms with van der Waals surface area (Å²) in [5.41, 5.74) is 0. The van der Waals surface area contributed by atoms with E-state index in [-0.39, 0.29) is 0 Å². The number of methoxy groups -OCH3 is 1. The van der Waals surface area contributed by atoms with E-state index in [4.69, 9.17) is 4.74 Å². The lowest BCUT2D eigenvalue weighted by Crippen LogP contribution is -2.26. The van der Waals surface area contributed by atoms with E-state index in [1.54, 1.807) is 7.11 Å². The van der Waals surface area contributed by atoms with Crippen LogP contribution in [-0.4, -0.2) is 31.5 Å². The van der Waals surface area contributed by atoms with E-state index in [0.29, 0.717) is 0 Å². The fraction of sp³-hybridized carbons (Fsp3) is 1.00. The van der Waals surface area contributed by atoms with Crippen molar-refractivity contribution in [3.8, 4) is 0 Å². The highest BCUT2D eigenvalue weighted by atomic mass is 31.0. The lowest BCUT2D eigenvalue weighted by molar-refractivity contribution is 0.160. The van der Waals surface area contributed by atoms with E-state index >= 15 is 0 Å². The van der Waals surface area contributed by atoms with Crippen molar-refractivity contribution in [3.05, 3.63) is 0 Å². The van der Waals surface area contributed by atoms with Crippen LogP contribution in [0, 0.1) is 5.92 Å². The molecule has 1 unspecified atom stereocenters. The summed E-state index contributed by atoms with van der Waals surface area (Å²) in [6.45, 7) is 3.40. The van der Waals surface area contributed by atoms with Gasteiger partial charge in [-0.3, -0.25) is 4.67 Å². The minimum absolute atomic E-state index is 0.909. The zero-order valence-corrected chi connectivity index (χ0v) is 8.41. The summed E-state index contributed by atoms with van der Waals surface area (Å²) in [5, 5.41) is 0. The van der Waals surface area contributed by atoms with Crippen LogP contribution in [0.3, 0.4) is 0 Å². The summed E-state index contributed by atoms with van der Waals surface area (Å²) in [4.78, 5) is 0. The molecule has 1 heterocycles. The van der Waals surface area contributed by atoms with Gasteiger partial charge in [-0.15, -0.1) is 0 Å². The first kappa shape index (κ1) is 9.44. The molecule has 11 heavy (non-hydrogen) atoms. The van der Waals surface area contributed by atoms with Gasteiger partial charge in [-0.1, -0.05) is 9.39 Å². The van der Waals surface area contributed by atoms with E-state index in [1.807, 2.05) is 0 Å². The van der Waals surface area contributed by atoms with Gasteiger partial charge in [0.1, 0.15) is 0 Å². The highest BCUT2D eigenvalue weighted by Gasteiger charge is 2.15. The monoisotopic (exact) mass is 175 g/mol. The maximum Gasteiger partial charge on any atom is 0.0464 e. The van der Waals surface area contributed by atoms with Crippen molar-refractivity contribution in [1.29, 1.82) is 0 Å². The SMILES string of the molecule is COCCC1CCN(P)CC1. The molecule has 66 valence electrons. The van der Waals surface area contributed by atoms with Gasteiger partial charge in [0, 0.05) is 26.8 Å². The molecule has 0 aromatic heterocycles. The smallest absolute Gasteiger partial charge is 0.0464 e. The number of ether oxygens (including phenoxy) is 1. The maximum absolute atomic E-state index is 5.05. The van der Waals surface area contributed by atoms with Crippen molar-refractivity contribution in [2.45, 2.75) is 19.3 Å². The quantitative estimate of drug-likeness (QED) is 0.603. The minimum atomic E-state index is 0.909. The van der Waals surface area contributed by atoms with E-state index in [1.165, 1.54) is 32.4 Å². The first-order valence-electron chi connectivity index (χ1n) is 4.31. The summed E-state index contributed by atoms with van der Waals surface area (Å²) in [6.07, 6.45) is 3.93. The number of rotatable bonds is 3. The second kappa shape index (κ2) is 5.08. The number of piperidine rings is 1. The van der Waals surface area contributed by atoms with Gasteiger partial charge in [0.2, 0.25) is 0 Å². The van der Waals surface area contributed by atoms with Crippen molar-refractivity contribution in [1.82, 2.24) is 4.67 Å². The Kier molecular flexibility index (Phi) is 4.36. The molecular formula is C8H18NOP. The summed E-state index contributed by atoms with van der Waals surface area (Å²) < 4.78 is 7.38. The van der Waals surface area contributed by atoms with Crippen molar-refractivity contribution in [2.75, 3.05) is 26.8 Å². The zero-order chi connectivity index (χ0) is 8.10. The van der Waals surface area contributed by atoms with Gasteiger partial charge in [-0.2, -0.15) is 0 Å². The molecule has 0 aromatic carbocycles. The molecule has 1 fully saturated rings. The number of nitrogens with zero attached hydrogens (tertiary/aromatic N) is 1. The minimum Gasteiger partial charge on any atom is -0.385 e. The van der Waals surface area contributed by atoms with Crippen LogP contribution < -0.4 is 0 Å². The molecule has 0 amide bonds. The van der Waals surface area contributed by atoms with Crippen molar-refractivity contribution < 1.29 is 4.74 Å². The summed E-state index contributed by atoms with van der Waals surface area (Å²) in [7, 11) is 4.55. The predicted octanol–water partition coefficient (Wildman–Crippen LogP) is 1.52. The summed E-state index contributed by atoms with van der Waals surface area (Å²) in [5.74, 6) is 0.909. The average Bonchev–Trinajstić information content (AvgIpc) is 2.04.